The molecule has 1 aromatic rings. The van der Waals surface area contributed by atoms with Crippen molar-refractivity contribution >= 4 is 29.7 Å². The zero-order valence-electron chi connectivity index (χ0n) is 10.4. The Kier molecular flexibility index (Phi) is 4.69. The van der Waals surface area contributed by atoms with Gasteiger partial charge >= 0.3 is 0 Å². The number of carbonyl (C=O) groups excluding carboxylic acids is 1. The molecule has 96 valence electrons. The lowest BCUT2D eigenvalue weighted by atomic mass is 9.92. The predicted octanol–water partition coefficient (Wildman–Crippen LogP) is 2.34. The Bertz CT molecular complexity index is 393. The van der Waals surface area contributed by atoms with Gasteiger partial charge in [0.05, 0.1) is 11.7 Å². The molecule has 2 rings (SSSR count). The van der Waals surface area contributed by atoms with Crippen molar-refractivity contribution in [3.05, 3.63) is 16.6 Å². The Morgan fingerprint density at radius 2 is 2.24 bits per heavy atom. The number of hydrogen-bond donors (Lipinski definition) is 1. The van der Waals surface area contributed by atoms with Gasteiger partial charge in [-0.2, -0.15) is 4.37 Å². The first-order valence-electron chi connectivity index (χ1n) is 5.69. The van der Waals surface area contributed by atoms with E-state index < -0.39 is 0 Å². The summed E-state index contributed by atoms with van der Waals surface area (Å²) in [5.41, 5.74) is 1.16. The van der Waals surface area contributed by atoms with Crippen LogP contribution in [0.3, 0.4) is 0 Å². The highest BCUT2D eigenvalue weighted by Gasteiger charge is 2.25. The molecule has 1 aromatic heterocycles. The fourth-order valence-electron chi connectivity index (χ4n) is 1.61. The van der Waals surface area contributed by atoms with Crippen LogP contribution in [0.25, 0.3) is 0 Å². The first kappa shape index (κ1) is 14.6. The predicted molar refractivity (Wildman–Crippen MR) is 73.2 cm³/mol. The van der Waals surface area contributed by atoms with Crippen molar-refractivity contribution in [1.82, 2.24) is 9.69 Å². The summed E-state index contributed by atoms with van der Waals surface area (Å²) in [6.07, 6.45) is 1.52. The first-order chi connectivity index (χ1) is 7.47. The summed E-state index contributed by atoms with van der Waals surface area (Å²) >= 11 is 1.46. The van der Waals surface area contributed by atoms with Gasteiger partial charge in [0.1, 0.15) is 0 Å². The van der Waals surface area contributed by atoms with Gasteiger partial charge in [-0.15, -0.1) is 12.4 Å². The normalized spacial score (nSPS) is 19.4. The molecule has 0 amide bonds. The molecule has 0 radical (unpaired) electrons. The molecule has 1 fully saturated rings. The summed E-state index contributed by atoms with van der Waals surface area (Å²) in [6.45, 7) is 7.40. The van der Waals surface area contributed by atoms with Crippen LogP contribution < -0.4 is 5.32 Å². The number of ketones is 1. The number of Topliss-reactive ketones (excluding diaryl/α,β-unsaturated/α-hetero) is 1. The first-order valence-corrected chi connectivity index (χ1v) is 6.46. The van der Waals surface area contributed by atoms with Gasteiger partial charge in [-0.25, -0.2) is 0 Å². The number of carbonyl (C=O) groups is 1. The van der Waals surface area contributed by atoms with E-state index in [1.807, 2.05) is 0 Å². The molecular weight excluding hydrogens is 256 g/mol. The number of halogens is 1. The third-order valence-electron chi connectivity index (χ3n) is 2.89. The van der Waals surface area contributed by atoms with E-state index in [9.17, 15) is 4.79 Å². The number of nitrogens with one attached hydrogen (secondary N) is 1. The van der Waals surface area contributed by atoms with Crippen molar-refractivity contribution in [3.8, 4) is 0 Å². The lowest BCUT2D eigenvalue weighted by Gasteiger charge is -2.25. The molecule has 1 aliphatic heterocycles. The third-order valence-corrected chi connectivity index (χ3v) is 3.67. The van der Waals surface area contributed by atoms with Gasteiger partial charge in [-0.3, -0.25) is 4.79 Å². The van der Waals surface area contributed by atoms with Crippen molar-refractivity contribution < 1.29 is 4.79 Å². The van der Waals surface area contributed by atoms with Crippen molar-refractivity contribution in [3.63, 3.8) is 0 Å². The Balaban J connectivity index is 0.00000144. The van der Waals surface area contributed by atoms with Crippen molar-refractivity contribution in [2.45, 2.75) is 45.1 Å². The maximum Gasteiger partial charge on any atom is 0.155 e. The average Bonchev–Trinajstić information content (AvgIpc) is 2.47. The van der Waals surface area contributed by atoms with Crippen LogP contribution in [0.5, 0.6) is 0 Å². The Labute approximate surface area is 113 Å². The average molecular weight is 275 g/mol. The van der Waals surface area contributed by atoms with E-state index in [-0.39, 0.29) is 23.9 Å². The van der Waals surface area contributed by atoms with E-state index in [4.69, 9.17) is 0 Å². The Hall–Kier alpha value is -0.450. The van der Waals surface area contributed by atoms with E-state index in [2.05, 4.69) is 36.5 Å². The molecule has 2 heterocycles. The fraction of sp³-hybridized carbons (Fsp3) is 0.667. The number of nitrogens with zero attached hydrogens (tertiary/aromatic N) is 1. The maximum atomic E-state index is 11.8. The standard InChI is InChI=1S/C12H18N2OS.ClH/c1-12(2,3)11-7-8(16-14-11)6-10(15)9-4-5-13-9;/h7,9,13H,4-6H2,1-3H3;1H/t9-;/m0./s1. The van der Waals surface area contributed by atoms with Crippen LogP contribution in [0, 0.1) is 0 Å². The zero-order valence-corrected chi connectivity index (χ0v) is 12.1. The number of aromatic nitrogens is 1. The summed E-state index contributed by atoms with van der Waals surface area (Å²) in [5, 5.41) is 3.14. The highest BCUT2D eigenvalue weighted by molar-refractivity contribution is 7.05. The van der Waals surface area contributed by atoms with Gasteiger partial charge in [0.2, 0.25) is 0 Å². The van der Waals surface area contributed by atoms with Crippen LogP contribution in [0.15, 0.2) is 6.07 Å². The van der Waals surface area contributed by atoms with Gasteiger partial charge in [-0.1, -0.05) is 20.8 Å². The molecule has 0 unspecified atom stereocenters. The van der Waals surface area contributed by atoms with Crippen molar-refractivity contribution in [2.75, 3.05) is 6.54 Å². The molecule has 1 aliphatic rings. The molecule has 3 nitrogen and oxygen atoms in total. The monoisotopic (exact) mass is 274 g/mol. The lowest BCUT2D eigenvalue weighted by molar-refractivity contribution is -0.121. The highest BCUT2D eigenvalue weighted by Crippen LogP contribution is 2.24. The minimum Gasteiger partial charge on any atom is -0.307 e. The maximum absolute atomic E-state index is 11.8. The van der Waals surface area contributed by atoms with Gasteiger partial charge < -0.3 is 5.32 Å². The van der Waals surface area contributed by atoms with Crippen LogP contribution in [-0.4, -0.2) is 22.7 Å². The molecule has 1 N–H and O–H groups in total. The van der Waals surface area contributed by atoms with Gasteiger partial charge in [0.15, 0.2) is 5.78 Å². The second kappa shape index (κ2) is 5.46. The van der Waals surface area contributed by atoms with Crippen LogP contribution in [0.4, 0.5) is 0 Å². The molecule has 0 aromatic carbocycles. The van der Waals surface area contributed by atoms with E-state index in [0.29, 0.717) is 12.2 Å². The van der Waals surface area contributed by atoms with Crippen LogP contribution in [0.2, 0.25) is 0 Å². The minimum absolute atomic E-state index is 0. The summed E-state index contributed by atoms with van der Waals surface area (Å²) in [7, 11) is 0. The molecule has 5 heteroatoms. The quantitative estimate of drug-likeness (QED) is 0.920. The summed E-state index contributed by atoms with van der Waals surface area (Å²) in [6, 6.07) is 2.17. The second-order valence-corrected chi connectivity index (χ2v) is 6.26. The molecule has 0 bridgehead atoms. The molecular formula is C12H19ClN2OS. The van der Waals surface area contributed by atoms with Crippen LogP contribution in [0.1, 0.15) is 37.8 Å². The van der Waals surface area contributed by atoms with Gasteiger partial charge in [0.25, 0.3) is 0 Å². The number of hydrogen-bond acceptors (Lipinski definition) is 4. The van der Waals surface area contributed by atoms with Crippen LogP contribution >= 0.6 is 23.9 Å². The molecule has 0 saturated carbocycles. The molecule has 1 atom stereocenters. The zero-order chi connectivity index (χ0) is 11.8. The summed E-state index contributed by atoms with van der Waals surface area (Å²) < 4.78 is 4.41. The largest absolute Gasteiger partial charge is 0.307 e. The Morgan fingerprint density at radius 1 is 1.59 bits per heavy atom. The van der Waals surface area contributed by atoms with E-state index in [1.54, 1.807) is 0 Å². The summed E-state index contributed by atoms with van der Waals surface area (Å²) in [5.74, 6) is 0.301. The van der Waals surface area contributed by atoms with E-state index in [1.165, 1.54) is 11.5 Å². The minimum atomic E-state index is 0. The van der Waals surface area contributed by atoms with Gasteiger partial charge in [0, 0.05) is 16.7 Å². The van der Waals surface area contributed by atoms with E-state index in [0.717, 1.165) is 23.5 Å². The summed E-state index contributed by atoms with van der Waals surface area (Å²) in [4.78, 5) is 12.9. The fourth-order valence-corrected chi connectivity index (χ4v) is 2.52. The smallest absolute Gasteiger partial charge is 0.155 e. The molecule has 1 saturated heterocycles. The molecule has 0 spiro atoms. The SMILES string of the molecule is CC(C)(C)c1cc(CC(=O)[C@@H]2CCN2)sn1.Cl. The third kappa shape index (κ3) is 3.50. The van der Waals surface area contributed by atoms with E-state index >= 15 is 0 Å². The van der Waals surface area contributed by atoms with Crippen LogP contribution in [-0.2, 0) is 16.6 Å². The van der Waals surface area contributed by atoms with Crippen molar-refractivity contribution in [2.24, 2.45) is 0 Å². The molecule has 17 heavy (non-hydrogen) atoms. The van der Waals surface area contributed by atoms with Crippen molar-refractivity contribution in [1.29, 1.82) is 0 Å². The second-order valence-electron chi connectivity index (χ2n) is 5.37. The molecule has 0 aliphatic carbocycles. The number of rotatable bonds is 3. The van der Waals surface area contributed by atoms with Gasteiger partial charge in [-0.05, 0) is 30.6 Å². The Morgan fingerprint density at radius 3 is 2.65 bits per heavy atom. The lowest BCUT2D eigenvalue weighted by Crippen LogP contribution is -2.48. The highest BCUT2D eigenvalue weighted by atomic mass is 35.5. The topological polar surface area (TPSA) is 42.0 Å².